The number of hydrogen-bond donors (Lipinski definition) is 1. The summed E-state index contributed by atoms with van der Waals surface area (Å²) in [7, 11) is 0. The van der Waals surface area contributed by atoms with Gasteiger partial charge in [0, 0.05) is 5.56 Å². The molecule has 0 aliphatic carbocycles. The number of benzene rings is 1. The molecule has 1 aromatic rings. The average Bonchev–Trinajstić information content (AvgIpc) is 2.05. The highest BCUT2D eigenvalue weighted by atomic mass is 32.2. The Labute approximate surface area is 72.0 Å². The normalized spacial score (nSPS) is 14.3. The predicted molar refractivity (Wildman–Crippen MR) is 46.3 cm³/mol. The standard InChI is InChI=1S/C8H7FO2S/c9-8(6-12(10)11)7-4-2-1-3-5-7/h1-6H,(H,10,11)/b8-6-. The Hall–Kier alpha value is -1.00. The molecule has 12 heavy (non-hydrogen) atoms. The zero-order valence-electron chi connectivity index (χ0n) is 6.11. The van der Waals surface area contributed by atoms with E-state index in [1.54, 1.807) is 18.2 Å². The Morgan fingerprint density at radius 3 is 2.50 bits per heavy atom. The van der Waals surface area contributed by atoms with E-state index in [1.807, 2.05) is 0 Å². The van der Waals surface area contributed by atoms with E-state index in [9.17, 15) is 8.60 Å². The van der Waals surface area contributed by atoms with Crippen LogP contribution in [0.5, 0.6) is 0 Å². The Morgan fingerprint density at radius 1 is 1.42 bits per heavy atom. The molecule has 1 N–H and O–H groups in total. The second kappa shape index (κ2) is 4.13. The first-order valence-electron chi connectivity index (χ1n) is 3.22. The summed E-state index contributed by atoms with van der Waals surface area (Å²) in [6.07, 6.45) is 0. The molecule has 0 amide bonds. The number of rotatable bonds is 2. The van der Waals surface area contributed by atoms with Crippen molar-refractivity contribution in [1.82, 2.24) is 0 Å². The molecule has 1 aromatic carbocycles. The molecule has 0 spiro atoms. The first-order chi connectivity index (χ1) is 5.70. The van der Waals surface area contributed by atoms with Gasteiger partial charge in [0.05, 0.1) is 5.41 Å². The van der Waals surface area contributed by atoms with Gasteiger partial charge in [-0.2, -0.15) is 0 Å². The zero-order chi connectivity index (χ0) is 8.97. The number of halogens is 1. The van der Waals surface area contributed by atoms with Crippen molar-refractivity contribution < 1.29 is 13.2 Å². The summed E-state index contributed by atoms with van der Waals surface area (Å²) in [4.78, 5) is 0. The van der Waals surface area contributed by atoms with Crippen molar-refractivity contribution in [2.24, 2.45) is 0 Å². The fraction of sp³-hybridized carbons (Fsp3) is 0. The first kappa shape index (κ1) is 9.09. The average molecular weight is 186 g/mol. The van der Waals surface area contributed by atoms with Gasteiger partial charge < -0.3 is 4.55 Å². The molecule has 0 saturated heterocycles. The van der Waals surface area contributed by atoms with Crippen LogP contribution in [0, 0.1) is 0 Å². The smallest absolute Gasteiger partial charge is 0.181 e. The maximum absolute atomic E-state index is 12.9. The van der Waals surface area contributed by atoms with Crippen molar-refractivity contribution in [2.45, 2.75) is 0 Å². The third-order valence-corrected chi connectivity index (χ3v) is 1.66. The summed E-state index contributed by atoms with van der Waals surface area (Å²) in [6.45, 7) is 0. The minimum atomic E-state index is -2.23. The van der Waals surface area contributed by atoms with Gasteiger partial charge in [0.1, 0.15) is 5.83 Å². The SMILES string of the molecule is O=S(O)/C=C(\F)c1ccccc1. The lowest BCUT2D eigenvalue weighted by Crippen LogP contribution is -1.81. The molecule has 0 aliphatic rings. The predicted octanol–water partition coefficient (Wildman–Crippen LogP) is 2.18. The maximum Gasteiger partial charge on any atom is 0.181 e. The second-order valence-corrected chi connectivity index (χ2v) is 2.90. The molecule has 0 aliphatic heterocycles. The molecule has 0 bridgehead atoms. The Bertz CT molecular complexity index is 308. The van der Waals surface area contributed by atoms with Gasteiger partial charge in [-0.15, -0.1) is 0 Å². The van der Waals surface area contributed by atoms with E-state index in [2.05, 4.69) is 0 Å². The quantitative estimate of drug-likeness (QED) is 0.719. The van der Waals surface area contributed by atoms with Crippen LogP contribution in [0.2, 0.25) is 0 Å². The molecule has 0 radical (unpaired) electrons. The Morgan fingerprint density at radius 2 is 2.00 bits per heavy atom. The molecule has 4 heteroatoms. The fourth-order valence-corrected chi connectivity index (χ4v) is 1.07. The van der Waals surface area contributed by atoms with Crippen LogP contribution < -0.4 is 0 Å². The van der Waals surface area contributed by atoms with E-state index in [0.29, 0.717) is 11.0 Å². The molecular weight excluding hydrogens is 179 g/mol. The summed E-state index contributed by atoms with van der Waals surface area (Å²) < 4.78 is 31.4. The van der Waals surface area contributed by atoms with Crippen LogP contribution in [-0.2, 0) is 11.1 Å². The molecule has 1 unspecified atom stereocenters. The molecule has 0 saturated carbocycles. The van der Waals surface area contributed by atoms with Gasteiger partial charge in [-0.3, -0.25) is 0 Å². The Balaban J connectivity index is 2.93. The highest BCUT2D eigenvalue weighted by Gasteiger charge is 1.99. The van der Waals surface area contributed by atoms with Gasteiger partial charge in [0.2, 0.25) is 0 Å². The van der Waals surface area contributed by atoms with Gasteiger partial charge in [0.25, 0.3) is 0 Å². The van der Waals surface area contributed by atoms with Crippen molar-refractivity contribution in [1.29, 1.82) is 0 Å². The molecule has 0 heterocycles. The van der Waals surface area contributed by atoms with Crippen molar-refractivity contribution >= 4 is 16.9 Å². The van der Waals surface area contributed by atoms with E-state index in [4.69, 9.17) is 4.55 Å². The molecule has 0 aromatic heterocycles. The lowest BCUT2D eigenvalue weighted by atomic mass is 10.2. The van der Waals surface area contributed by atoms with E-state index in [0.717, 1.165) is 0 Å². The largest absolute Gasteiger partial charge is 0.303 e. The highest BCUT2D eigenvalue weighted by molar-refractivity contribution is 7.82. The summed E-state index contributed by atoms with van der Waals surface area (Å²) in [5, 5.41) is 0.648. The molecule has 1 atom stereocenters. The molecule has 0 fully saturated rings. The van der Waals surface area contributed by atoms with Crippen molar-refractivity contribution in [3.05, 3.63) is 41.3 Å². The van der Waals surface area contributed by atoms with E-state index in [1.165, 1.54) is 12.1 Å². The zero-order valence-corrected chi connectivity index (χ0v) is 6.92. The van der Waals surface area contributed by atoms with Gasteiger partial charge in [-0.1, -0.05) is 30.3 Å². The van der Waals surface area contributed by atoms with Crippen LogP contribution in [0.1, 0.15) is 5.56 Å². The Kier molecular flexibility index (Phi) is 3.13. The van der Waals surface area contributed by atoms with Crippen LogP contribution in [0.15, 0.2) is 35.7 Å². The van der Waals surface area contributed by atoms with E-state index < -0.39 is 16.9 Å². The summed E-state index contributed by atoms with van der Waals surface area (Å²) in [5.41, 5.74) is 0.305. The van der Waals surface area contributed by atoms with E-state index in [-0.39, 0.29) is 0 Å². The van der Waals surface area contributed by atoms with Crippen LogP contribution in [-0.4, -0.2) is 8.76 Å². The van der Waals surface area contributed by atoms with Crippen molar-refractivity contribution in [3.63, 3.8) is 0 Å². The van der Waals surface area contributed by atoms with E-state index >= 15 is 0 Å². The lowest BCUT2D eigenvalue weighted by Gasteiger charge is -1.93. The van der Waals surface area contributed by atoms with Crippen LogP contribution in [0.25, 0.3) is 5.83 Å². The van der Waals surface area contributed by atoms with Crippen LogP contribution >= 0.6 is 0 Å². The van der Waals surface area contributed by atoms with Crippen molar-refractivity contribution in [3.8, 4) is 0 Å². The summed E-state index contributed by atoms with van der Waals surface area (Å²) in [6, 6.07) is 8.11. The molecule has 1 rings (SSSR count). The van der Waals surface area contributed by atoms with Crippen LogP contribution in [0.4, 0.5) is 4.39 Å². The minimum Gasteiger partial charge on any atom is -0.303 e. The summed E-state index contributed by atoms with van der Waals surface area (Å²) in [5.74, 6) is -0.684. The highest BCUT2D eigenvalue weighted by Crippen LogP contribution is 2.14. The summed E-state index contributed by atoms with van der Waals surface area (Å²) >= 11 is -2.23. The van der Waals surface area contributed by atoms with Gasteiger partial charge >= 0.3 is 0 Å². The van der Waals surface area contributed by atoms with Gasteiger partial charge in [-0.25, -0.2) is 8.60 Å². The van der Waals surface area contributed by atoms with Gasteiger partial charge in [-0.05, 0) is 0 Å². The number of hydrogen-bond acceptors (Lipinski definition) is 1. The molecule has 2 nitrogen and oxygen atoms in total. The molecule has 64 valence electrons. The monoisotopic (exact) mass is 186 g/mol. The fourth-order valence-electron chi connectivity index (χ4n) is 0.754. The van der Waals surface area contributed by atoms with Crippen molar-refractivity contribution in [2.75, 3.05) is 0 Å². The third kappa shape index (κ3) is 2.56. The second-order valence-electron chi connectivity index (χ2n) is 2.11. The molecular formula is C8H7FO2S. The van der Waals surface area contributed by atoms with Crippen LogP contribution in [0.3, 0.4) is 0 Å². The lowest BCUT2D eigenvalue weighted by molar-refractivity contribution is 0.573. The third-order valence-electron chi connectivity index (χ3n) is 1.25. The van der Waals surface area contributed by atoms with Gasteiger partial charge in [0.15, 0.2) is 11.1 Å². The first-order valence-corrected chi connectivity index (χ1v) is 4.39. The topological polar surface area (TPSA) is 37.3 Å². The minimum absolute atomic E-state index is 0.305. The maximum atomic E-state index is 12.9.